The van der Waals surface area contributed by atoms with Crippen molar-refractivity contribution in [1.29, 1.82) is 0 Å². The van der Waals surface area contributed by atoms with Crippen LogP contribution in [0.5, 0.6) is 0 Å². The van der Waals surface area contributed by atoms with Crippen molar-refractivity contribution in [3.63, 3.8) is 0 Å². The highest BCUT2D eigenvalue weighted by molar-refractivity contribution is 6.05. The second-order valence-corrected chi connectivity index (χ2v) is 4.09. The van der Waals surface area contributed by atoms with Crippen LogP contribution in [0, 0.1) is 0 Å². The number of fused-ring (bicyclic) bond motifs is 1. The summed E-state index contributed by atoms with van der Waals surface area (Å²) in [5.74, 6) is -0.176. The summed E-state index contributed by atoms with van der Waals surface area (Å²) >= 11 is 0. The molecular formula is C14H15N2O+. The summed E-state index contributed by atoms with van der Waals surface area (Å²) < 4.78 is 0. The van der Waals surface area contributed by atoms with Gasteiger partial charge in [-0.2, -0.15) is 0 Å². The van der Waals surface area contributed by atoms with Crippen molar-refractivity contribution < 1.29 is 10.5 Å². The van der Waals surface area contributed by atoms with Crippen LogP contribution in [0.2, 0.25) is 0 Å². The van der Waals surface area contributed by atoms with Crippen LogP contribution < -0.4 is 11.1 Å². The quantitative estimate of drug-likeness (QED) is 0.759. The minimum Gasteiger partial charge on any atom is -0.323 e. The largest absolute Gasteiger partial charge is 0.323 e. The second kappa shape index (κ2) is 4.39. The molecule has 4 N–H and O–H groups in total. The van der Waals surface area contributed by atoms with Crippen LogP contribution in [0.15, 0.2) is 48.6 Å². The van der Waals surface area contributed by atoms with Gasteiger partial charge in [0.05, 0.1) is 0 Å². The highest BCUT2D eigenvalue weighted by atomic mass is 16.1. The fourth-order valence-electron chi connectivity index (χ4n) is 1.63. The normalized spacial score (nSPS) is 10.2. The Kier molecular flexibility index (Phi) is 2.93. The Balaban J connectivity index is 2.44. The van der Waals surface area contributed by atoms with Crippen LogP contribution in [0.1, 0.15) is 6.92 Å². The molecule has 2 aromatic carbocycles. The van der Waals surface area contributed by atoms with Gasteiger partial charge in [-0.15, -0.1) is 0 Å². The van der Waals surface area contributed by atoms with Gasteiger partial charge in [-0.25, -0.2) is 0 Å². The van der Waals surface area contributed by atoms with Gasteiger partial charge in [-0.05, 0) is 23.8 Å². The molecule has 0 atom stereocenters. The van der Waals surface area contributed by atoms with Crippen LogP contribution in [-0.4, -0.2) is 5.91 Å². The molecule has 86 valence electrons. The zero-order chi connectivity index (χ0) is 12.4. The average molecular weight is 227 g/mol. The maximum atomic E-state index is 11.6. The lowest BCUT2D eigenvalue weighted by atomic mass is 10.1. The molecule has 0 aromatic heterocycles. The Labute approximate surface area is 99.9 Å². The molecule has 0 fully saturated rings. The summed E-state index contributed by atoms with van der Waals surface area (Å²) in [5, 5.41) is 5.00. The van der Waals surface area contributed by atoms with E-state index in [1.165, 1.54) is 0 Å². The molecule has 3 nitrogen and oxygen atoms in total. The number of amides is 1. The van der Waals surface area contributed by atoms with Crippen molar-refractivity contribution in [1.82, 2.24) is 0 Å². The molecular weight excluding hydrogens is 212 g/mol. The van der Waals surface area contributed by atoms with E-state index >= 15 is 0 Å². The van der Waals surface area contributed by atoms with Gasteiger partial charge in [0.1, 0.15) is 5.69 Å². The van der Waals surface area contributed by atoms with Crippen molar-refractivity contribution in [3.05, 3.63) is 48.6 Å². The predicted octanol–water partition coefficient (Wildman–Crippen LogP) is 2.23. The van der Waals surface area contributed by atoms with E-state index in [4.69, 9.17) is 0 Å². The first-order chi connectivity index (χ1) is 8.08. The Hall–Kier alpha value is -2.13. The van der Waals surface area contributed by atoms with E-state index < -0.39 is 0 Å². The van der Waals surface area contributed by atoms with Gasteiger partial charge < -0.3 is 11.1 Å². The molecule has 3 heteroatoms. The summed E-state index contributed by atoms with van der Waals surface area (Å²) in [6.45, 7) is 5.29. The lowest BCUT2D eigenvalue weighted by Gasteiger charge is -2.07. The molecule has 0 spiro atoms. The highest BCUT2D eigenvalue weighted by Crippen LogP contribution is 2.25. The number of rotatable bonds is 2. The third-order valence-corrected chi connectivity index (χ3v) is 2.61. The standard InChI is InChI=1S/C14H14N2O/c1-9(2)14(17)16-13-8-11-6-4-3-5-10(11)7-12(13)15/h3-8H,1,15H2,2H3,(H,16,17)/p+1. The minimum absolute atomic E-state index is 0.176. The maximum Gasteiger partial charge on any atom is 0.250 e. The second-order valence-electron chi connectivity index (χ2n) is 4.09. The van der Waals surface area contributed by atoms with Crippen LogP contribution >= 0.6 is 0 Å². The number of carbonyl (C=O) groups excluding carboxylic acids is 1. The van der Waals surface area contributed by atoms with Crippen molar-refractivity contribution in [3.8, 4) is 0 Å². The molecule has 0 unspecified atom stereocenters. The monoisotopic (exact) mass is 227 g/mol. The van der Waals surface area contributed by atoms with E-state index in [0.717, 1.165) is 22.1 Å². The number of carbonyl (C=O) groups is 1. The van der Waals surface area contributed by atoms with Crippen LogP contribution in [0.4, 0.5) is 11.4 Å². The maximum absolute atomic E-state index is 11.6. The first kappa shape index (κ1) is 11.4. The van der Waals surface area contributed by atoms with Crippen molar-refractivity contribution >= 4 is 28.1 Å². The van der Waals surface area contributed by atoms with Crippen molar-refractivity contribution in [2.75, 3.05) is 5.32 Å². The number of nitrogens with one attached hydrogen (secondary N) is 1. The van der Waals surface area contributed by atoms with Crippen molar-refractivity contribution in [2.24, 2.45) is 0 Å². The minimum atomic E-state index is -0.176. The molecule has 0 saturated carbocycles. The first-order valence-electron chi connectivity index (χ1n) is 5.39. The summed E-state index contributed by atoms with van der Waals surface area (Å²) in [4.78, 5) is 11.6. The third kappa shape index (κ3) is 2.34. The number of hydrogen-bond donors (Lipinski definition) is 2. The first-order valence-corrected chi connectivity index (χ1v) is 5.39. The summed E-state index contributed by atoms with van der Waals surface area (Å²) in [7, 11) is 0. The molecule has 0 radical (unpaired) electrons. The molecule has 1 amide bonds. The van der Waals surface area contributed by atoms with E-state index in [1.807, 2.05) is 36.4 Å². The highest BCUT2D eigenvalue weighted by Gasteiger charge is 2.09. The van der Waals surface area contributed by atoms with Gasteiger partial charge in [0.2, 0.25) is 0 Å². The van der Waals surface area contributed by atoms with Crippen molar-refractivity contribution in [2.45, 2.75) is 6.92 Å². The summed E-state index contributed by atoms with van der Waals surface area (Å²) in [5.41, 5.74) is 5.96. The van der Waals surface area contributed by atoms with Crippen LogP contribution in [-0.2, 0) is 4.79 Å². The van der Waals surface area contributed by atoms with E-state index in [-0.39, 0.29) is 5.91 Å². The average Bonchev–Trinajstić information content (AvgIpc) is 2.29. The zero-order valence-corrected chi connectivity index (χ0v) is 9.79. The van der Waals surface area contributed by atoms with Gasteiger partial charge in [0, 0.05) is 11.6 Å². The van der Waals surface area contributed by atoms with Crippen LogP contribution in [0.3, 0.4) is 0 Å². The lowest BCUT2D eigenvalue weighted by Crippen LogP contribution is -2.41. The molecule has 0 aliphatic carbocycles. The third-order valence-electron chi connectivity index (χ3n) is 2.61. The molecule has 0 heterocycles. The van der Waals surface area contributed by atoms with E-state index in [9.17, 15) is 4.79 Å². The molecule has 2 rings (SSSR count). The van der Waals surface area contributed by atoms with E-state index in [0.29, 0.717) is 5.57 Å². The molecule has 2 aromatic rings. The van der Waals surface area contributed by atoms with E-state index in [1.54, 1.807) is 6.92 Å². The number of quaternary nitrogens is 1. The predicted molar refractivity (Wildman–Crippen MR) is 69.9 cm³/mol. The van der Waals surface area contributed by atoms with E-state index in [2.05, 4.69) is 17.6 Å². The number of anilines is 1. The SMILES string of the molecule is C=C(C)C(=O)Nc1cc2ccccc2cc1[NH3+]. The summed E-state index contributed by atoms with van der Waals surface area (Å²) in [6, 6.07) is 11.9. The molecule has 0 saturated heterocycles. The van der Waals surface area contributed by atoms with Gasteiger partial charge in [-0.1, -0.05) is 30.8 Å². The number of hydrogen-bond acceptors (Lipinski definition) is 1. The Morgan fingerprint density at radius 2 is 1.82 bits per heavy atom. The lowest BCUT2D eigenvalue weighted by molar-refractivity contribution is -0.253. The smallest absolute Gasteiger partial charge is 0.250 e. The molecule has 17 heavy (non-hydrogen) atoms. The molecule has 0 aliphatic rings. The Bertz CT molecular complexity index is 602. The Morgan fingerprint density at radius 1 is 1.24 bits per heavy atom. The Morgan fingerprint density at radius 3 is 2.41 bits per heavy atom. The molecule has 0 bridgehead atoms. The topological polar surface area (TPSA) is 56.7 Å². The molecule has 0 aliphatic heterocycles. The fraction of sp³-hybridized carbons (Fsp3) is 0.0714. The van der Waals surface area contributed by atoms with Gasteiger partial charge in [0.25, 0.3) is 5.91 Å². The van der Waals surface area contributed by atoms with Crippen LogP contribution in [0.25, 0.3) is 10.8 Å². The fourth-order valence-corrected chi connectivity index (χ4v) is 1.63. The van der Waals surface area contributed by atoms with Gasteiger partial charge in [-0.3, -0.25) is 4.79 Å². The van der Waals surface area contributed by atoms with Gasteiger partial charge >= 0.3 is 0 Å². The summed E-state index contributed by atoms with van der Waals surface area (Å²) in [6.07, 6.45) is 0. The number of benzene rings is 2. The zero-order valence-electron chi connectivity index (χ0n) is 9.79. The van der Waals surface area contributed by atoms with Gasteiger partial charge in [0.15, 0.2) is 5.69 Å².